The molecule has 9 nitrogen and oxygen atoms in total. The molecular formula is C17H17ClN6O3S. The molecule has 0 aliphatic rings. The summed E-state index contributed by atoms with van der Waals surface area (Å²) in [4.78, 5) is 12.5. The van der Waals surface area contributed by atoms with Crippen LogP contribution in [0.2, 0.25) is 5.02 Å². The lowest BCUT2D eigenvalue weighted by atomic mass is 10.3. The molecule has 0 unspecified atom stereocenters. The van der Waals surface area contributed by atoms with Crippen LogP contribution in [-0.2, 0) is 10.0 Å². The molecule has 0 fully saturated rings. The highest BCUT2D eigenvalue weighted by Crippen LogP contribution is 2.30. The largest absolute Gasteiger partial charge is 0.495 e. The monoisotopic (exact) mass is 420 g/mol. The number of ether oxygens (including phenoxy) is 1. The van der Waals surface area contributed by atoms with E-state index in [-0.39, 0.29) is 4.90 Å². The van der Waals surface area contributed by atoms with Gasteiger partial charge in [-0.2, -0.15) is 0 Å². The lowest BCUT2D eigenvalue weighted by Crippen LogP contribution is -2.18. The topological polar surface area (TPSA) is 118 Å². The average Bonchev–Trinajstić information content (AvgIpc) is 2.70. The Hall–Kier alpha value is -2.95. The van der Waals surface area contributed by atoms with Crippen LogP contribution in [0.1, 0.15) is 0 Å². The summed E-state index contributed by atoms with van der Waals surface area (Å²) in [5.41, 5.74) is 0.438. The number of benzene rings is 1. The maximum atomic E-state index is 12.1. The van der Waals surface area contributed by atoms with Crippen molar-refractivity contribution in [2.24, 2.45) is 0 Å². The first-order valence-electron chi connectivity index (χ1n) is 8.00. The van der Waals surface area contributed by atoms with E-state index in [2.05, 4.69) is 30.3 Å². The molecule has 1 aromatic carbocycles. The van der Waals surface area contributed by atoms with Gasteiger partial charge >= 0.3 is 0 Å². The lowest BCUT2D eigenvalue weighted by molar-refractivity contribution is 0.416. The Bertz CT molecular complexity index is 1080. The van der Waals surface area contributed by atoms with Crippen molar-refractivity contribution in [1.29, 1.82) is 0 Å². The fourth-order valence-corrected chi connectivity index (χ4v) is 3.15. The number of halogens is 1. The number of nitrogens with one attached hydrogen (secondary N) is 3. The maximum absolute atomic E-state index is 12.1. The number of methoxy groups -OCH3 is 1. The van der Waals surface area contributed by atoms with E-state index >= 15 is 0 Å². The third-order valence-electron chi connectivity index (χ3n) is 3.66. The second kappa shape index (κ2) is 8.38. The normalized spacial score (nSPS) is 11.1. The van der Waals surface area contributed by atoms with E-state index in [4.69, 9.17) is 16.3 Å². The Labute approximate surface area is 167 Å². The van der Waals surface area contributed by atoms with Crippen molar-refractivity contribution < 1.29 is 13.2 Å². The summed E-state index contributed by atoms with van der Waals surface area (Å²) < 4.78 is 31.7. The Morgan fingerprint density at radius 2 is 1.71 bits per heavy atom. The van der Waals surface area contributed by atoms with Crippen LogP contribution in [0.15, 0.2) is 53.8 Å². The second-order valence-corrected chi connectivity index (χ2v) is 7.79. The molecule has 0 saturated carbocycles. The van der Waals surface area contributed by atoms with Gasteiger partial charge in [0, 0.05) is 12.3 Å². The lowest BCUT2D eigenvalue weighted by Gasteiger charge is -2.13. The third kappa shape index (κ3) is 4.66. The molecule has 3 rings (SSSR count). The number of anilines is 4. The zero-order chi connectivity index (χ0) is 20.1. The number of hydrogen-bond acceptors (Lipinski definition) is 8. The SMILES string of the molecule is CNS(=O)(=O)c1ccc(OC)c(Nc2cc(Nc3ccc(Cl)cn3)ncn2)c1. The van der Waals surface area contributed by atoms with Crippen molar-refractivity contribution in [3.8, 4) is 5.75 Å². The van der Waals surface area contributed by atoms with Crippen LogP contribution in [0, 0.1) is 0 Å². The van der Waals surface area contributed by atoms with Crippen LogP contribution in [0.5, 0.6) is 5.75 Å². The number of nitrogens with zero attached hydrogens (tertiary/aromatic N) is 3. The predicted octanol–water partition coefficient (Wildman–Crippen LogP) is 2.93. The second-order valence-electron chi connectivity index (χ2n) is 5.47. The van der Waals surface area contributed by atoms with Gasteiger partial charge in [0.05, 0.1) is 22.7 Å². The number of pyridine rings is 1. The van der Waals surface area contributed by atoms with Crippen LogP contribution >= 0.6 is 11.6 Å². The first-order chi connectivity index (χ1) is 13.4. The molecular weight excluding hydrogens is 404 g/mol. The minimum atomic E-state index is -3.60. The van der Waals surface area contributed by atoms with Crippen LogP contribution in [0.25, 0.3) is 0 Å². The molecule has 2 heterocycles. The van der Waals surface area contributed by atoms with Crippen molar-refractivity contribution in [3.05, 3.63) is 53.9 Å². The quantitative estimate of drug-likeness (QED) is 0.534. The molecule has 0 aliphatic heterocycles. The van der Waals surface area contributed by atoms with Gasteiger partial charge in [-0.05, 0) is 37.4 Å². The number of rotatable bonds is 7. The van der Waals surface area contributed by atoms with Gasteiger partial charge in [0.2, 0.25) is 10.0 Å². The molecule has 3 aromatic rings. The van der Waals surface area contributed by atoms with E-state index in [1.807, 2.05) is 0 Å². The van der Waals surface area contributed by atoms with Crippen molar-refractivity contribution in [3.63, 3.8) is 0 Å². The standard InChI is InChI=1S/C17H17ClN6O3S/c1-19-28(25,26)12-4-5-14(27-2)13(7-12)23-16-8-17(22-10-21-16)24-15-6-3-11(18)9-20-15/h3-10,19H,1-2H3,(H2,20,21,22,23,24). The molecule has 0 bridgehead atoms. The number of sulfonamides is 1. The highest BCUT2D eigenvalue weighted by Gasteiger charge is 2.15. The minimum Gasteiger partial charge on any atom is -0.495 e. The van der Waals surface area contributed by atoms with Gasteiger partial charge in [0.15, 0.2) is 0 Å². The van der Waals surface area contributed by atoms with Gasteiger partial charge in [0.1, 0.15) is 29.5 Å². The highest BCUT2D eigenvalue weighted by atomic mass is 35.5. The Morgan fingerprint density at radius 3 is 2.36 bits per heavy atom. The first kappa shape index (κ1) is 19.8. The molecule has 0 aliphatic carbocycles. The third-order valence-corrected chi connectivity index (χ3v) is 5.30. The summed E-state index contributed by atoms with van der Waals surface area (Å²) in [6.45, 7) is 0. The van der Waals surface area contributed by atoms with E-state index in [1.165, 1.54) is 38.8 Å². The van der Waals surface area contributed by atoms with Crippen LogP contribution in [-0.4, -0.2) is 37.5 Å². The van der Waals surface area contributed by atoms with E-state index in [9.17, 15) is 8.42 Å². The molecule has 0 saturated heterocycles. The molecule has 0 spiro atoms. The minimum absolute atomic E-state index is 0.0936. The molecule has 0 radical (unpaired) electrons. The summed E-state index contributed by atoms with van der Waals surface area (Å²) in [6, 6.07) is 9.54. The van der Waals surface area contributed by atoms with Gasteiger partial charge in [0.25, 0.3) is 0 Å². The summed E-state index contributed by atoms with van der Waals surface area (Å²) in [7, 11) is -0.761. The average molecular weight is 421 g/mol. The van der Waals surface area contributed by atoms with Gasteiger partial charge in [-0.15, -0.1) is 0 Å². The van der Waals surface area contributed by atoms with Gasteiger partial charge in [-0.1, -0.05) is 11.6 Å². The Morgan fingerprint density at radius 1 is 0.964 bits per heavy atom. The number of hydrogen-bond donors (Lipinski definition) is 3. The van der Waals surface area contributed by atoms with Crippen LogP contribution < -0.4 is 20.1 Å². The molecule has 28 heavy (non-hydrogen) atoms. The van der Waals surface area contributed by atoms with E-state index < -0.39 is 10.0 Å². The van der Waals surface area contributed by atoms with Crippen LogP contribution in [0.4, 0.5) is 23.1 Å². The highest BCUT2D eigenvalue weighted by molar-refractivity contribution is 7.89. The predicted molar refractivity (Wildman–Crippen MR) is 107 cm³/mol. The fraction of sp³-hybridized carbons (Fsp3) is 0.118. The maximum Gasteiger partial charge on any atom is 0.240 e. The smallest absolute Gasteiger partial charge is 0.240 e. The Kier molecular flexibility index (Phi) is 5.93. The summed E-state index contributed by atoms with van der Waals surface area (Å²) >= 11 is 5.83. The Balaban J connectivity index is 1.87. The molecule has 0 amide bonds. The zero-order valence-electron chi connectivity index (χ0n) is 15.0. The van der Waals surface area contributed by atoms with E-state index in [0.717, 1.165) is 0 Å². The van der Waals surface area contributed by atoms with E-state index in [0.29, 0.717) is 33.9 Å². The van der Waals surface area contributed by atoms with Gasteiger partial charge in [-0.3, -0.25) is 0 Å². The molecule has 2 aromatic heterocycles. The molecule has 0 atom stereocenters. The van der Waals surface area contributed by atoms with Crippen molar-refractivity contribution in [2.75, 3.05) is 24.8 Å². The van der Waals surface area contributed by atoms with Crippen molar-refractivity contribution in [2.45, 2.75) is 4.90 Å². The number of aromatic nitrogens is 3. The summed E-state index contributed by atoms with van der Waals surface area (Å²) in [5.74, 6) is 1.95. The van der Waals surface area contributed by atoms with E-state index in [1.54, 1.807) is 24.3 Å². The van der Waals surface area contributed by atoms with Crippen LogP contribution in [0.3, 0.4) is 0 Å². The first-order valence-corrected chi connectivity index (χ1v) is 9.86. The van der Waals surface area contributed by atoms with Gasteiger partial charge < -0.3 is 15.4 Å². The molecule has 146 valence electrons. The molecule has 11 heteroatoms. The summed E-state index contributed by atoms with van der Waals surface area (Å²) in [6.07, 6.45) is 2.88. The fourth-order valence-electron chi connectivity index (χ4n) is 2.28. The van der Waals surface area contributed by atoms with Crippen molar-refractivity contribution >= 4 is 44.8 Å². The molecule has 3 N–H and O–H groups in total. The van der Waals surface area contributed by atoms with Gasteiger partial charge in [-0.25, -0.2) is 28.1 Å². The summed E-state index contributed by atoms with van der Waals surface area (Å²) in [5, 5.41) is 6.61. The van der Waals surface area contributed by atoms with Crippen molar-refractivity contribution in [1.82, 2.24) is 19.7 Å². The zero-order valence-corrected chi connectivity index (χ0v) is 16.5.